The quantitative estimate of drug-likeness (QED) is 0.880. The Kier molecular flexibility index (Phi) is 5.19. The van der Waals surface area contributed by atoms with Gasteiger partial charge in [0.25, 0.3) is 5.91 Å². The summed E-state index contributed by atoms with van der Waals surface area (Å²) in [7, 11) is 0. The van der Waals surface area contributed by atoms with E-state index in [-0.39, 0.29) is 19.0 Å². The number of aromatic nitrogens is 2. The molecule has 0 saturated carbocycles. The lowest BCUT2D eigenvalue weighted by Gasteiger charge is -2.24. The van der Waals surface area contributed by atoms with Crippen LogP contribution in [0.4, 0.5) is 0 Å². The van der Waals surface area contributed by atoms with Crippen LogP contribution in [-0.4, -0.2) is 38.4 Å². The van der Waals surface area contributed by atoms with Gasteiger partial charge in [0.1, 0.15) is 0 Å². The van der Waals surface area contributed by atoms with E-state index in [1.807, 2.05) is 6.07 Å². The van der Waals surface area contributed by atoms with Crippen molar-refractivity contribution < 1.29 is 14.7 Å². The first kappa shape index (κ1) is 15.6. The molecule has 22 heavy (non-hydrogen) atoms. The van der Waals surface area contributed by atoms with Crippen LogP contribution < -0.4 is 0 Å². The number of pyridine rings is 2. The zero-order valence-corrected chi connectivity index (χ0v) is 12.2. The largest absolute Gasteiger partial charge is 0.481 e. The van der Waals surface area contributed by atoms with Crippen molar-refractivity contribution in [3.8, 4) is 0 Å². The van der Waals surface area contributed by atoms with Gasteiger partial charge in [0, 0.05) is 25.1 Å². The molecule has 6 heteroatoms. The fourth-order valence-corrected chi connectivity index (χ4v) is 1.99. The molecule has 1 N–H and O–H groups in total. The summed E-state index contributed by atoms with van der Waals surface area (Å²) < 4.78 is 0. The summed E-state index contributed by atoms with van der Waals surface area (Å²) in [6.07, 6.45) is 4.70. The van der Waals surface area contributed by atoms with Gasteiger partial charge in [0.15, 0.2) is 0 Å². The summed E-state index contributed by atoms with van der Waals surface area (Å²) in [4.78, 5) is 33.3. The monoisotopic (exact) mass is 299 g/mol. The molecule has 0 saturated heterocycles. The number of aliphatic carboxylic acids is 1. The Labute approximate surface area is 128 Å². The van der Waals surface area contributed by atoms with Gasteiger partial charge in [-0.15, -0.1) is 0 Å². The molecule has 1 atom stereocenters. The number of carbonyl (C=O) groups is 2. The van der Waals surface area contributed by atoms with Crippen molar-refractivity contribution in [2.75, 3.05) is 6.54 Å². The van der Waals surface area contributed by atoms with E-state index in [4.69, 9.17) is 5.11 Å². The molecule has 114 valence electrons. The third-order valence-electron chi connectivity index (χ3n) is 3.19. The standard InChI is InChI=1S/C16H17N3O3/c1-12(16(21)22)10-19(11-14-6-2-3-8-18-14)15(20)13-5-4-7-17-9-13/h2-9,12H,10-11H2,1H3,(H,21,22). The molecular formula is C16H17N3O3. The Balaban J connectivity index is 2.21. The van der Waals surface area contributed by atoms with Crippen molar-refractivity contribution in [2.24, 2.45) is 5.92 Å². The molecule has 0 aliphatic carbocycles. The summed E-state index contributed by atoms with van der Waals surface area (Å²) in [5.74, 6) is -1.86. The van der Waals surface area contributed by atoms with Crippen LogP contribution >= 0.6 is 0 Å². The highest BCUT2D eigenvalue weighted by molar-refractivity contribution is 5.94. The van der Waals surface area contributed by atoms with E-state index in [0.717, 1.165) is 0 Å². The second-order valence-corrected chi connectivity index (χ2v) is 4.99. The van der Waals surface area contributed by atoms with Crippen molar-refractivity contribution in [2.45, 2.75) is 13.5 Å². The van der Waals surface area contributed by atoms with Gasteiger partial charge in [0.05, 0.1) is 23.7 Å². The SMILES string of the molecule is CC(CN(Cc1ccccn1)C(=O)c1cccnc1)C(=O)O. The number of rotatable bonds is 6. The maximum absolute atomic E-state index is 12.6. The van der Waals surface area contributed by atoms with Gasteiger partial charge in [-0.3, -0.25) is 19.6 Å². The first-order valence-electron chi connectivity index (χ1n) is 6.90. The molecule has 0 fully saturated rings. The van der Waals surface area contributed by atoms with Crippen molar-refractivity contribution in [3.05, 3.63) is 60.2 Å². The van der Waals surface area contributed by atoms with Crippen LogP contribution in [0, 0.1) is 5.92 Å². The normalized spacial score (nSPS) is 11.7. The van der Waals surface area contributed by atoms with Crippen LogP contribution in [0.15, 0.2) is 48.9 Å². The minimum atomic E-state index is -0.940. The van der Waals surface area contributed by atoms with Crippen LogP contribution in [0.25, 0.3) is 0 Å². The van der Waals surface area contributed by atoms with E-state index < -0.39 is 11.9 Å². The molecule has 0 aromatic carbocycles. The van der Waals surface area contributed by atoms with Crippen molar-refractivity contribution in [1.82, 2.24) is 14.9 Å². The fraction of sp³-hybridized carbons (Fsp3) is 0.250. The molecule has 1 amide bonds. The van der Waals surface area contributed by atoms with E-state index >= 15 is 0 Å². The highest BCUT2D eigenvalue weighted by Crippen LogP contribution is 2.11. The number of nitrogens with zero attached hydrogens (tertiary/aromatic N) is 3. The van der Waals surface area contributed by atoms with Gasteiger partial charge in [-0.05, 0) is 24.3 Å². The number of amides is 1. The number of hydrogen-bond acceptors (Lipinski definition) is 4. The molecule has 0 radical (unpaired) electrons. The molecule has 0 aliphatic heterocycles. The number of carboxylic acid groups (broad SMARTS) is 1. The molecular weight excluding hydrogens is 282 g/mol. The molecule has 0 bridgehead atoms. The molecule has 1 unspecified atom stereocenters. The predicted octanol–water partition coefficient (Wildman–Crippen LogP) is 1.84. The zero-order chi connectivity index (χ0) is 15.9. The minimum absolute atomic E-state index is 0.111. The van der Waals surface area contributed by atoms with Crippen molar-refractivity contribution >= 4 is 11.9 Å². The number of carboxylic acids is 1. The Morgan fingerprint density at radius 2 is 2.05 bits per heavy atom. The molecule has 0 spiro atoms. The molecule has 0 aliphatic rings. The second kappa shape index (κ2) is 7.31. The third-order valence-corrected chi connectivity index (χ3v) is 3.19. The second-order valence-electron chi connectivity index (χ2n) is 4.99. The van der Waals surface area contributed by atoms with E-state index in [2.05, 4.69) is 9.97 Å². The average Bonchev–Trinajstić information content (AvgIpc) is 2.55. The Hall–Kier alpha value is -2.76. The van der Waals surface area contributed by atoms with Gasteiger partial charge < -0.3 is 10.0 Å². The summed E-state index contributed by atoms with van der Waals surface area (Å²) >= 11 is 0. The van der Waals surface area contributed by atoms with Crippen LogP contribution in [0.2, 0.25) is 0 Å². The summed E-state index contributed by atoms with van der Waals surface area (Å²) in [6, 6.07) is 8.75. The van der Waals surface area contributed by atoms with Gasteiger partial charge in [-0.2, -0.15) is 0 Å². The maximum atomic E-state index is 12.6. The van der Waals surface area contributed by atoms with Crippen molar-refractivity contribution in [1.29, 1.82) is 0 Å². The van der Waals surface area contributed by atoms with Crippen LogP contribution in [0.5, 0.6) is 0 Å². The summed E-state index contributed by atoms with van der Waals surface area (Å²) in [5, 5.41) is 9.08. The van der Waals surface area contributed by atoms with Crippen molar-refractivity contribution in [3.63, 3.8) is 0 Å². The highest BCUT2D eigenvalue weighted by Gasteiger charge is 2.22. The van der Waals surface area contributed by atoms with E-state index in [1.165, 1.54) is 11.1 Å². The third kappa shape index (κ3) is 4.12. The smallest absolute Gasteiger partial charge is 0.308 e. The van der Waals surface area contributed by atoms with Crippen LogP contribution in [-0.2, 0) is 11.3 Å². The van der Waals surface area contributed by atoms with E-state index in [9.17, 15) is 9.59 Å². The molecule has 2 aromatic rings. The Bertz CT molecular complexity index is 632. The lowest BCUT2D eigenvalue weighted by Crippen LogP contribution is -2.36. The summed E-state index contributed by atoms with van der Waals surface area (Å²) in [5.41, 5.74) is 1.13. The zero-order valence-electron chi connectivity index (χ0n) is 12.2. The molecule has 6 nitrogen and oxygen atoms in total. The lowest BCUT2D eigenvalue weighted by atomic mass is 10.1. The number of carbonyl (C=O) groups excluding carboxylic acids is 1. The Morgan fingerprint density at radius 1 is 1.23 bits per heavy atom. The van der Waals surface area contributed by atoms with Gasteiger partial charge in [0.2, 0.25) is 0 Å². The molecule has 2 rings (SSSR count). The summed E-state index contributed by atoms with van der Waals surface area (Å²) in [6.45, 7) is 1.94. The van der Waals surface area contributed by atoms with Gasteiger partial charge in [-0.25, -0.2) is 0 Å². The molecule has 2 heterocycles. The maximum Gasteiger partial charge on any atom is 0.308 e. The van der Waals surface area contributed by atoms with E-state index in [1.54, 1.807) is 43.6 Å². The lowest BCUT2D eigenvalue weighted by molar-refractivity contribution is -0.141. The van der Waals surface area contributed by atoms with E-state index in [0.29, 0.717) is 11.3 Å². The topological polar surface area (TPSA) is 83.4 Å². The number of hydrogen-bond donors (Lipinski definition) is 1. The van der Waals surface area contributed by atoms with Gasteiger partial charge in [-0.1, -0.05) is 13.0 Å². The fourth-order valence-electron chi connectivity index (χ4n) is 1.99. The minimum Gasteiger partial charge on any atom is -0.481 e. The highest BCUT2D eigenvalue weighted by atomic mass is 16.4. The van der Waals surface area contributed by atoms with Crippen LogP contribution in [0.1, 0.15) is 23.0 Å². The predicted molar refractivity (Wildman–Crippen MR) is 80.0 cm³/mol. The first-order chi connectivity index (χ1) is 10.6. The first-order valence-corrected chi connectivity index (χ1v) is 6.90. The van der Waals surface area contributed by atoms with Gasteiger partial charge >= 0.3 is 5.97 Å². The molecule has 2 aromatic heterocycles. The van der Waals surface area contributed by atoms with Crippen LogP contribution in [0.3, 0.4) is 0 Å². The Morgan fingerprint density at radius 3 is 2.64 bits per heavy atom. The average molecular weight is 299 g/mol.